The van der Waals surface area contributed by atoms with Crippen molar-refractivity contribution in [2.45, 2.75) is 32.2 Å². The summed E-state index contributed by atoms with van der Waals surface area (Å²) < 4.78 is 5.53. The number of rotatable bonds is 5. The minimum absolute atomic E-state index is 0.245. The van der Waals surface area contributed by atoms with Gasteiger partial charge in [0.05, 0.1) is 6.61 Å². The molecule has 17 heavy (non-hydrogen) atoms. The summed E-state index contributed by atoms with van der Waals surface area (Å²) in [5, 5.41) is 12.7. The molecule has 1 aromatic rings. The molecular weight excluding hydrogens is 216 g/mol. The van der Waals surface area contributed by atoms with Crippen molar-refractivity contribution >= 4 is 5.82 Å². The lowest BCUT2D eigenvalue weighted by atomic mass is 10.1. The number of aromatic nitrogens is 1. The van der Waals surface area contributed by atoms with Crippen LogP contribution >= 0.6 is 0 Å². The molecule has 0 bridgehead atoms. The van der Waals surface area contributed by atoms with Crippen molar-refractivity contribution in [2.24, 2.45) is 5.92 Å². The van der Waals surface area contributed by atoms with E-state index < -0.39 is 0 Å². The fourth-order valence-corrected chi connectivity index (χ4v) is 2.39. The van der Waals surface area contributed by atoms with Gasteiger partial charge in [-0.05, 0) is 31.9 Å². The lowest BCUT2D eigenvalue weighted by Crippen LogP contribution is -2.27. The van der Waals surface area contributed by atoms with Gasteiger partial charge in [-0.15, -0.1) is 0 Å². The van der Waals surface area contributed by atoms with Gasteiger partial charge >= 0.3 is 0 Å². The Kier molecular flexibility index (Phi) is 4.20. The summed E-state index contributed by atoms with van der Waals surface area (Å²) in [4.78, 5) is 4.31. The number of anilines is 1. The highest BCUT2D eigenvalue weighted by Crippen LogP contribution is 2.30. The molecule has 2 N–H and O–H groups in total. The lowest BCUT2D eigenvalue weighted by molar-refractivity contribution is 0.222. The highest BCUT2D eigenvalue weighted by atomic mass is 16.5. The molecule has 4 heteroatoms. The first-order valence-electron chi connectivity index (χ1n) is 6.30. The Morgan fingerprint density at radius 2 is 2.41 bits per heavy atom. The number of hydrogen-bond acceptors (Lipinski definition) is 4. The molecule has 1 saturated carbocycles. The molecule has 2 atom stereocenters. The minimum Gasteiger partial charge on any atom is -0.490 e. The number of ether oxygens (including phenoxy) is 1. The van der Waals surface area contributed by atoms with Gasteiger partial charge in [0.2, 0.25) is 0 Å². The molecule has 2 unspecified atom stereocenters. The number of nitrogens with one attached hydrogen (secondary N) is 1. The minimum atomic E-state index is 0.245. The molecule has 1 fully saturated rings. The fourth-order valence-electron chi connectivity index (χ4n) is 2.39. The first-order valence-corrected chi connectivity index (χ1v) is 6.30. The molecule has 1 aromatic heterocycles. The summed E-state index contributed by atoms with van der Waals surface area (Å²) in [5.41, 5.74) is 0. The zero-order valence-electron chi connectivity index (χ0n) is 10.2. The van der Waals surface area contributed by atoms with Crippen molar-refractivity contribution in [3.05, 3.63) is 18.3 Å². The van der Waals surface area contributed by atoms with Crippen molar-refractivity contribution < 1.29 is 9.84 Å². The maximum absolute atomic E-state index is 9.30. The molecule has 1 aliphatic rings. The van der Waals surface area contributed by atoms with Gasteiger partial charge in [0.25, 0.3) is 0 Å². The maximum atomic E-state index is 9.30. The zero-order valence-corrected chi connectivity index (χ0v) is 10.2. The average Bonchev–Trinajstić information content (AvgIpc) is 2.79. The lowest BCUT2D eigenvalue weighted by Gasteiger charge is -2.21. The summed E-state index contributed by atoms with van der Waals surface area (Å²) in [7, 11) is 0. The largest absolute Gasteiger partial charge is 0.490 e. The Labute approximate surface area is 102 Å². The van der Waals surface area contributed by atoms with E-state index in [1.165, 1.54) is 6.42 Å². The molecule has 1 heterocycles. The Morgan fingerprint density at radius 3 is 3.18 bits per heavy atom. The standard InChI is InChI=1S/C13H20N2O2/c1-2-17-12-7-4-8-14-13(12)15-11-6-3-5-10(11)9-16/h4,7-8,10-11,16H,2-3,5-6,9H2,1H3,(H,14,15). The molecule has 2 rings (SSSR count). The SMILES string of the molecule is CCOc1cccnc1NC1CCCC1CO. The summed E-state index contributed by atoms with van der Waals surface area (Å²) in [6.45, 7) is 2.84. The first-order chi connectivity index (χ1) is 8.35. The van der Waals surface area contributed by atoms with Crippen LogP contribution in [-0.4, -0.2) is 29.3 Å². The summed E-state index contributed by atoms with van der Waals surface area (Å²) >= 11 is 0. The van der Waals surface area contributed by atoms with Gasteiger partial charge in [0, 0.05) is 24.8 Å². The molecule has 0 amide bonds. The van der Waals surface area contributed by atoms with E-state index in [0.717, 1.165) is 24.4 Å². The van der Waals surface area contributed by atoms with Crippen LogP contribution in [0, 0.1) is 5.92 Å². The second-order valence-corrected chi connectivity index (χ2v) is 4.41. The van der Waals surface area contributed by atoms with Crippen LogP contribution in [0.5, 0.6) is 5.75 Å². The highest BCUT2D eigenvalue weighted by Gasteiger charge is 2.27. The van der Waals surface area contributed by atoms with Crippen LogP contribution in [0.4, 0.5) is 5.82 Å². The van der Waals surface area contributed by atoms with Crippen LogP contribution in [0.25, 0.3) is 0 Å². The van der Waals surface area contributed by atoms with Gasteiger partial charge in [-0.2, -0.15) is 0 Å². The summed E-state index contributed by atoms with van der Waals surface area (Å²) in [6.07, 6.45) is 5.10. The highest BCUT2D eigenvalue weighted by molar-refractivity contribution is 5.50. The number of hydrogen-bond donors (Lipinski definition) is 2. The molecule has 0 aromatic carbocycles. The van der Waals surface area contributed by atoms with Gasteiger partial charge in [0.1, 0.15) is 0 Å². The Bertz CT molecular complexity index is 357. The molecule has 0 spiro atoms. The summed E-state index contributed by atoms with van der Waals surface area (Å²) in [5.74, 6) is 1.92. The fraction of sp³-hybridized carbons (Fsp3) is 0.615. The average molecular weight is 236 g/mol. The van der Waals surface area contributed by atoms with Gasteiger partial charge in [0.15, 0.2) is 11.6 Å². The van der Waals surface area contributed by atoms with Crippen LogP contribution < -0.4 is 10.1 Å². The van der Waals surface area contributed by atoms with Crippen molar-refractivity contribution in [2.75, 3.05) is 18.5 Å². The number of aliphatic hydroxyl groups is 1. The van der Waals surface area contributed by atoms with E-state index in [1.54, 1.807) is 6.20 Å². The summed E-state index contributed by atoms with van der Waals surface area (Å²) in [6, 6.07) is 4.10. The predicted octanol–water partition coefficient (Wildman–Crippen LogP) is 2.05. The third-order valence-electron chi connectivity index (χ3n) is 3.29. The van der Waals surface area contributed by atoms with E-state index >= 15 is 0 Å². The third kappa shape index (κ3) is 2.88. The van der Waals surface area contributed by atoms with Crippen LogP contribution in [0.1, 0.15) is 26.2 Å². The number of nitrogens with zero attached hydrogens (tertiary/aromatic N) is 1. The Balaban J connectivity index is 2.07. The van der Waals surface area contributed by atoms with E-state index in [9.17, 15) is 5.11 Å². The van der Waals surface area contributed by atoms with Crippen molar-refractivity contribution in [3.8, 4) is 5.75 Å². The van der Waals surface area contributed by atoms with Crippen molar-refractivity contribution in [1.82, 2.24) is 4.98 Å². The van der Waals surface area contributed by atoms with Crippen LogP contribution in [-0.2, 0) is 0 Å². The molecule has 0 radical (unpaired) electrons. The van der Waals surface area contributed by atoms with E-state index in [4.69, 9.17) is 4.74 Å². The molecule has 1 aliphatic carbocycles. The molecule has 4 nitrogen and oxygen atoms in total. The van der Waals surface area contributed by atoms with Gasteiger partial charge in [-0.25, -0.2) is 4.98 Å². The molecule has 94 valence electrons. The normalized spacial score (nSPS) is 23.6. The second-order valence-electron chi connectivity index (χ2n) is 4.41. The second kappa shape index (κ2) is 5.87. The van der Waals surface area contributed by atoms with Gasteiger partial charge < -0.3 is 15.2 Å². The topological polar surface area (TPSA) is 54.4 Å². The molecule has 0 aliphatic heterocycles. The van der Waals surface area contributed by atoms with Crippen LogP contribution in [0.2, 0.25) is 0 Å². The van der Waals surface area contributed by atoms with E-state index in [0.29, 0.717) is 18.6 Å². The van der Waals surface area contributed by atoms with E-state index in [-0.39, 0.29) is 6.61 Å². The zero-order chi connectivity index (χ0) is 12.1. The number of aliphatic hydroxyl groups excluding tert-OH is 1. The first kappa shape index (κ1) is 12.2. The third-order valence-corrected chi connectivity index (χ3v) is 3.29. The Morgan fingerprint density at radius 1 is 1.53 bits per heavy atom. The van der Waals surface area contributed by atoms with Crippen molar-refractivity contribution in [3.63, 3.8) is 0 Å². The van der Waals surface area contributed by atoms with Crippen LogP contribution in [0.15, 0.2) is 18.3 Å². The monoisotopic (exact) mass is 236 g/mol. The van der Waals surface area contributed by atoms with Crippen molar-refractivity contribution in [1.29, 1.82) is 0 Å². The molecular formula is C13H20N2O2. The van der Waals surface area contributed by atoms with E-state index in [1.807, 2.05) is 19.1 Å². The van der Waals surface area contributed by atoms with Crippen LogP contribution in [0.3, 0.4) is 0 Å². The predicted molar refractivity (Wildman–Crippen MR) is 67.2 cm³/mol. The van der Waals surface area contributed by atoms with E-state index in [2.05, 4.69) is 10.3 Å². The van der Waals surface area contributed by atoms with Gasteiger partial charge in [-0.3, -0.25) is 0 Å². The van der Waals surface area contributed by atoms with Gasteiger partial charge in [-0.1, -0.05) is 6.42 Å². The number of pyridine rings is 1. The quantitative estimate of drug-likeness (QED) is 0.821. The smallest absolute Gasteiger partial charge is 0.168 e. The molecule has 0 saturated heterocycles. The Hall–Kier alpha value is -1.29. The maximum Gasteiger partial charge on any atom is 0.168 e.